The number of carboxylic acids is 1. The first-order valence-corrected chi connectivity index (χ1v) is 0.908. The van der Waals surface area contributed by atoms with Gasteiger partial charge in [-0.3, -0.25) is 0 Å². The van der Waals surface area contributed by atoms with E-state index in [1.807, 2.05) is 0 Å². The molecule has 0 aliphatic rings. The van der Waals surface area contributed by atoms with Crippen LogP contribution in [0.3, 0.4) is 0 Å². The molecule has 0 spiro atoms. The molecular weight excluding hydrogens is 261 g/mol. The zero-order chi connectivity index (χ0) is 3.58. The van der Waals surface area contributed by atoms with Gasteiger partial charge in [0.05, 0.1) is 0 Å². The number of halogens is 1. The third-order valence-corrected chi connectivity index (χ3v) is 0. The van der Waals surface area contributed by atoms with Gasteiger partial charge in [-0.15, -0.1) is 0 Å². The predicted octanol–water partition coefficient (Wildman–Crippen LogP) is -10.2. The number of hydrogen-bond acceptors (Lipinski definition) is 2. The summed E-state index contributed by atoms with van der Waals surface area (Å²) >= 11 is 0. The monoisotopic (exact) mass is 264 g/mol. The standard InChI is InChI=1S/C2H4O2.HI.2K/c1-2(3)4;;;/h1H3,(H,3,4);1H;;/q;;2*+1/p-2. The SMILES string of the molecule is CC(=O)[O-].[I-].[K+].[K+]. The maximum absolute atomic E-state index is 8.89. The van der Waals surface area contributed by atoms with Crippen molar-refractivity contribution in [2.75, 3.05) is 0 Å². The molecule has 0 aromatic heterocycles. The van der Waals surface area contributed by atoms with Crippen LogP contribution in [-0.4, -0.2) is 5.97 Å². The fraction of sp³-hybridized carbons (Fsp3) is 0.500. The average Bonchev–Trinajstić information content (AvgIpc) is 0.811. The summed E-state index contributed by atoms with van der Waals surface area (Å²) in [6, 6.07) is 0. The molecule has 7 heavy (non-hydrogen) atoms. The van der Waals surface area contributed by atoms with Gasteiger partial charge < -0.3 is 33.9 Å². The predicted molar refractivity (Wildman–Crippen MR) is 10.7 cm³/mol. The summed E-state index contributed by atoms with van der Waals surface area (Å²) in [5.74, 6) is -1.08. The Morgan fingerprint density at radius 3 is 1.43 bits per heavy atom. The molecule has 0 atom stereocenters. The molecule has 0 heterocycles. The van der Waals surface area contributed by atoms with E-state index in [0.29, 0.717) is 0 Å². The third-order valence-electron chi connectivity index (χ3n) is 0. The first kappa shape index (κ1) is 22.4. The van der Waals surface area contributed by atoms with E-state index >= 15 is 0 Å². The minimum Gasteiger partial charge on any atom is -1.00 e. The van der Waals surface area contributed by atoms with Crippen LogP contribution in [0.4, 0.5) is 0 Å². The van der Waals surface area contributed by atoms with E-state index in [9.17, 15) is 0 Å². The molecule has 0 aromatic carbocycles. The number of aliphatic carboxylic acids is 1. The van der Waals surface area contributed by atoms with Crippen LogP contribution in [0.2, 0.25) is 0 Å². The molecule has 0 rings (SSSR count). The Balaban J connectivity index is -0.0000000150. The van der Waals surface area contributed by atoms with Gasteiger partial charge in [0, 0.05) is 5.97 Å². The van der Waals surface area contributed by atoms with E-state index in [1.54, 1.807) is 0 Å². The second kappa shape index (κ2) is 16.2. The van der Waals surface area contributed by atoms with Crippen molar-refractivity contribution >= 4 is 5.97 Å². The Hall–Kier alpha value is 3.47. The Labute approximate surface area is 145 Å². The normalized spacial score (nSPS) is 3.57. The molecule has 0 N–H and O–H groups in total. The maximum atomic E-state index is 8.89. The number of hydrogen-bond donors (Lipinski definition) is 0. The number of carbonyl (C=O) groups excluding carboxylic acids is 1. The Morgan fingerprint density at radius 1 is 1.43 bits per heavy atom. The third kappa shape index (κ3) is 43.9. The number of rotatable bonds is 0. The first-order valence-electron chi connectivity index (χ1n) is 0.908. The molecule has 0 saturated carbocycles. The molecule has 2 nitrogen and oxygen atoms in total. The molecule has 32 valence electrons. The first-order chi connectivity index (χ1) is 1.73. The van der Waals surface area contributed by atoms with Crippen molar-refractivity contribution in [1.82, 2.24) is 0 Å². The topological polar surface area (TPSA) is 40.1 Å². The van der Waals surface area contributed by atoms with Crippen LogP contribution in [-0.2, 0) is 4.79 Å². The molecule has 0 aromatic rings. The fourth-order valence-corrected chi connectivity index (χ4v) is 0. The summed E-state index contributed by atoms with van der Waals surface area (Å²) in [4.78, 5) is 8.89. The smallest absolute Gasteiger partial charge is 1.00 e. The summed E-state index contributed by atoms with van der Waals surface area (Å²) in [7, 11) is 0. The van der Waals surface area contributed by atoms with Crippen molar-refractivity contribution in [3.05, 3.63) is 0 Å². The van der Waals surface area contributed by atoms with Gasteiger partial charge in [0.15, 0.2) is 0 Å². The Morgan fingerprint density at radius 2 is 1.43 bits per heavy atom. The molecule has 0 saturated heterocycles. The van der Waals surface area contributed by atoms with Crippen LogP contribution in [0.15, 0.2) is 0 Å². The molecule has 0 amide bonds. The van der Waals surface area contributed by atoms with Gasteiger partial charge in [0.2, 0.25) is 0 Å². The minimum atomic E-state index is -1.08. The van der Waals surface area contributed by atoms with E-state index in [0.717, 1.165) is 6.92 Å². The van der Waals surface area contributed by atoms with Crippen molar-refractivity contribution < 1.29 is 137 Å². The Bertz CT molecular complexity index is 36.7. The molecule has 0 aliphatic heterocycles. The fourth-order valence-electron chi connectivity index (χ4n) is 0. The van der Waals surface area contributed by atoms with Crippen molar-refractivity contribution in [2.45, 2.75) is 6.92 Å². The van der Waals surface area contributed by atoms with Gasteiger partial charge in [-0.2, -0.15) is 0 Å². The van der Waals surface area contributed by atoms with Crippen LogP contribution < -0.4 is 132 Å². The van der Waals surface area contributed by atoms with Crippen LogP contribution in [0, 0.1) is 0 Å². The number of carboxylic acid groups (broad SMARTS) is 1. The quantitative estimate of drug-likeness (QED) is 0.322. The van der Waals surface area contributed by atoms with Gasteiger partial charge in [0.1, 0.15) is 0 Å². The van der Waals surface area contributed by atoms with E-state index < -0.39 is 5.97 Å². The van der Waals surface area contributed by atoms with Crippen molar-refractivity contribution in [2.24, 2.45) is 0 Å². The largest absolute Gasteiger partial charge is 1.00 e. The van der Waals surface area contributed by atoms with E-state index in [1.165, 1.54) is 0 Å². The van der Waals surface area contributed by atoms with Crippen LogP contribution in [0.25, 0.3) is 0 Å². The maximum Gasteiger partial charge on any atom is 1.00 e. The number of carbonyl (C=O) groups is 1. The molecule has 0 unspecified atom stereocenters. The van der Waals surface area contributed by atoms with Crippen molar-refractivity contribution in [3.8, 4) is 0 Å². The zero-order valence-electron chi connectivity index (χ0n) is 4.69. The summed E-state index contributed by atoms with van der Waals surface area (Å²) in [6.45, 7) is 0.972. The van der Waals surface area contributed by atoms with E-state index in [4.69, 9.17) is 9.90 Å². The van der Waals surface area contributed by atoms with Crippen LogP contribution in [0.1, 0.15) is 6.92 Å². The molecule has 0 bridgehead atoms. The van der Waals surface area contributed by atoms with Crippen molar-refractivity contribution in [1.29, 1.82) is 0 Å². The average molecular weight is 264 g/mol. The molecule has 0 aliphatic carbocycles. The summed E-state index contributed by atoms with van der Waals surface area (Å²) in [6.07, 6.45) is 0. The van der Waals surface area contributed by atoms with Crippen LogP contribution >= 0.6 is 0 Å². The van der Waals surface area contributed by atoms with Gasteiger partial charge in [-0.25, -0.2) is 0 Å². The molecule has 5 heteroatoms. The molecule has 0 fully saturated rings. The van der Waals surface area contributed by atoms with Gasteiger partial charge >= 0.3 is 103 Å². The summed E-state index contributed by atoms with van der Waals surface area (Å²) in [5, 5.41) is 8.89. The Kier molecular flexibility index (Phi) is 52.0. The van der Waals surface area contributed by atoms with Crippen molar-refractivity contribution in [3.63, 3.8) is 0 Å². The minimum absolute atomic E-state index is 0. The van der Waals surface area contributed by atoms with E-state index in [-0.39, 0.29) is 127 Å². The van der Waals surface area contributed by atoms with Gasteiger partial charge in [0.25, 0.3) is 0 Å². The van der Waals surface area contributed by atoms with E-state index in [2.05, 4.69) is 0 Å². The van der Waals surface area contributed by atoms with Crippen LogP contribution in [0.5, 0.6) is 0 Å². The molecular formula is C2H3IK2O2. The second-order valence-corrected chi connectivity index (χ2v) is 0.492. The summed E-state index contributed by atoms with van der Waals surface area (Å²) in [5.41, 5.74) is 0. The van der Waals surface area contributed by atoms with Gasteiger partial charge in [-0.05, 0) is 6.92 Å². The zero-order valence-corrected chi connectivity index (χ0v) is 13.1. The van der Waals surface area contributed by atoms with Gasteiger partial charge in [-0.1, -0.05) is 0 Å². The molecule has 0 radical (unpaired) electrons. The summed E-state index contributed by atoms with van der Waals surface area (Å²) < 4.78 is 0. The second-order valence-electron chi connectivity index (χ2n) is 0.492.